The fourth-order valence-corrected chi connectivity index (χ4v) is 5.85. The van der Waals surface area contributed by atoms with E-state index in [-0.39, 0.29) is 5.75 Å². The van der Waals surface area contributed by atoms with Crippen LogP contribution in [-0.2, 0) is 10.5 Å². The largest absolute Gasteiger partial charge is 0.420 e. The fourth-order valence-electron chi connectivity index (χ4n) is 4.73. The van der Waals surface area contributed by atoms with E-state index in [1.165, 1.54) is 39.8 Å². The van der Waals surface area contributed by atoms with Gasteiger partial charge in [0.15, 0.2) is 5.69 Å². The number of alkyl halides is 3. The molecule has 3 aromatic rings. The first kappa shape index (κ1) is 25.8. The van der Waals surface area contributed by atoms with E-state index in [4.69, 9.17) is 4.74 Å². The van der Waals surface area contributed by atoms with E-state index in [0.29, 0.717) is 21.6 Å². The predicted octanol–water partition coefficient (Wildman–Crippen LogP) is 4.61. The van der Waals surface area contributed by atoms with Crippen molar-refractivity contribution in [2.45, 2.75) is 42.8 Å². The summed E-state index contributed by atoms with van der Waals surface area (Å²) in [5.41, 5.74) is 0.172. The molecule has 0 bridgehead atoms. The highest BCUT2D eigenvalue weighted by molar-refractivity contribution is 7.98. The summed E-state index contributed by atoms with van der Waals surface area (Å²) in [6.45, 7) is 1.31. The lowest BCUT2D eigenvalue weighted by Crippen LogP contribution is -2.60. The molecule has 12 heteroatoms. The second kappa shape index (κ2) is 9.50. The molecule has 2 aliphatic rings. The molecule has 2 aliphatic heterocycles. The fraction of sp³-hybridized carbons (Fsp3) is 0.269. The predicted molar refractivity (Wildman–Crippen MR) is 131 cm³/mol. The Balaban J connectivity index is 1.81. The zero-order valence-electron chi connectivity index (χ0n) is 20.2. The highest BCUT2D eigenvalue weighted by Crippen LogP contribution is 2.44. The topological polar surface area (TPSA) is 71.8 Å². The Morgan fingerprint density at radius 1 is 1.08 bits per heavy atom. The van der Waals surface area contributed by atoms with Crippen molar-refractivity contribution in [2.75, 3.05) is 11.7 Å². The number of hydrogen-bond donors (Lipinski definition) is 0. The lowest BCUT2D eigenvalue weighted by Gasteiger charge is -2.46. The monoisotopic (exact) mass is 547 g/mol. The second-order valence-electron chi connectivity index (χ2n) is 8.91. The molecule has 0 N–H and O–H groups in total. The van der Waals surface area contributed by atoms with E-state index in [0.717, 1.165) is 24.8 Å². The molecule has 0 fully saturated rings. The average Bonchev–Trinajstić information content (AvgIpc) is 3.02. The van der Waals surface area contributed by atoms with Gasteiger partial charge in [-0.2, -0.15) is 13.2 Å². The smallest absolute Gasteiger partial charge is 0.408 e. The van der Waals surface area contributed by atoms with Crippen molar-refractivity contribution in [1.29, 1.82) is 0 Å². The molecule has 0 spiro atoms. The number of benzene rings is 2. The Morgan fingerprint density at radius 3 is 2.50 bits per heavy atom. The van der Waals surface area contributed by atoms with Crippen LogP contribution < -0.4 is 15.2 Å². The molecule has 7 nitrogen and oxygen atoms in total. The zero-order valence-corrected chi connectivity index (χ0v) is 21.0. The molecule has 0 aliphatic carbocycles. The standard InChI is InChI=1S/C26H21F4N3O4S/c1-14(26(28,29)30)31-13-33(32-11-10-20(35)24(37-15(2)34)23(32)25(31)36)22-16-7-5-8-19(27)18(16)12-38-21-9-4-3-6-17(21)22/h3-11,14,22H,12-13H2,1-2H3/t14-,22+/m0/s1. The van der Waals surface area contributed by atoms with Gasteiger partial charge in [0.2, 0.25) is 11.2 Å². The van der Waals surface area contributed by atoms with Gasteiger partial charge in [0.1, 0.15) is 18.5 Å². The van der Waals surface area contributed by atoms with Crippen molar-refractivity contribution < 1.29 is 31.9 Å². The minimum absolute atomic E-state index is 0.278. The van der Waals surface area contributed by atoms with E-state index in [1.54, 1.807) is 24.3 Å². The molecule has 2 atom stereocenters. The maximum atomic E-state index is 15.0. The second-order valence-corrected chi connectivity index (χ2v) is 9.92. The number of pyridine rings is 1. The number of aromatic nitrogens is 1. The minimum atomic E-state index is -4.79. The van der Waals surface area contributed by atoms with Gasteiger partial charge in [-0.1, -0.05) is 30.3 Å². The number of fused-ring (bicyclic) bond motifs is 3. The van der Waals surface area contributed by atoms with Gasteiger partial charge in [-0.3, -0.25) is 24.1 Å². The van der Waals surface area contributed by atoms with E-state index >= 15 is 4.39 Å². The van der Waals surface area contributed by atoms with E-state index in [2.05, 4.69) is 0 Å². The van der Waals surface area contributed by atoms with Crippen LogP contribution in [0.15, 0.2) is 64.4 Å². The van der Waals surface area contributed by atoms with Crippen LogP contribution in [0.3, 0.4) is 0 Å². The Morgan fingerprint density at radius 2 is 1.79 bits per heavy atom. The van der Waals surface area contributed by atoms with Crippen LogP contribution in [-0.4, -0.2) is 40.3 Å². The van der Waals surface area contributed by atoms with E-state index < -0.39 is 59.5 Å². The molecule has 0 radical (unpaired) electrons. The van der Waals surface area contributed by atoms with Gasteiger partial charge in [0.05, 0.1) is 6.04 Å². The highest BCUT2D eigenvalue weighted by Gasteiger charge is 2.48. The molecular formula is C26H21F4N3O4S. The third kappa shape index (κ3) is 4.32. The molecule has 2 aromatic carbocycles. The van der Waals surface area contributed by atoms with Crippen LogP contribution in [0.25, 0.3) is 0 Å². The van der Waals surface area contributed by atoms with Crippen molar-refractivity contribution in [2.24, 2.45) is 0 Å². The van der Waals surface area contributed by atoms with Crippen molar-refractivity contribution in [3.05, 3.63) is 93.2 Å². The first-order valence-electron chi connectivity index (χ1n) is 11.6. The Labute approximate surface area is 218 Å². The first-order chi connectivity index (χ1) is 18.0. The summed E-state index contributed by atoms with van der Waals surface area (Å²) < 4.78 is 63.1. The van der Waals surface area contributed by atoms with Gasteiger partial charge >= 0.3 is 12.1 Å². The summed E-state index contributed by atoms with van der Waals surface area (Å²) in [6, 6.07) is 9.67. The molecule has 0 unspecified atom stereocenters. The lowest BCUT2D eigenvalue weighted by molar-refractivity contribution is -0.173. The first-order valence-corrected chi connectivity index (χ1v) is 12.5. The summed E-state index contributed by atoms with van der Waals surface area (Å²) in [5.74, 6) is -2.91. The number of halogens is 4. The van der Waals surface area contributed by atoms with Gasteiger partial charge in [0, 0.05) is 35.4 Å². The molecule has 0 saturated carbocycles. The minimum Gasteiger partial charge on any atom is -0.420 e. The average molecular weight is 548 g/mol. The van der Waals surface area contributed by atoms with Gasteiger partial charge in [0.25, 0.3) is 5.91 Å². The number of nitrogens with zero attached hydrogens (tertiary/aromatic N) is 3. The molecule has 1 amide bonds. The Hall–Kier alpha value is -3.80. The summed E-state index contributed by atoms with van der Waals surface area (Å²) in [6.07, 6.45) is -3.54. The number of esters is 1. The van der Waals surface area contributed by atoms with Gasteiger partial charge in [-0.05, 0) is 30.2 Å². The third-order valence-corrected chi connectivity index (χ3v) is 7.71. The van der Waals surface area contributed by atoms with Gasteiger partial charge < -0.3 is 9.64 Å². The molecule has 3 heterocycles. The van der Waals surface area contributed by atoms with E-state index in [9.17, 15) is 27.6 Å². The molecule has 5 rings (SSSR count). The lowest BCUT2D eigenvalue weighted by atomic mass is 9.94. The Kier molecular flexibility index (Phi) is 6.46. The van der Waals surface area contributed by atoms with Crippen molar-refractivity contribution in [3.8, 4) is 5.75 Å². The normalized spacial score (nSPS) is 17.7. The summed E-state index contributed by atoms with van der Waals surface area (Å²) >= 11 is 1.39. The van der Waals surface area contributed by atoms with Crippen LogP contribution in [0.2, 0.25) is 0 Å². The number of carbonyl (C=O) groups is 2. The van der Waals surface area contributed by atoms with Gasteiger partial charge in [-0.25, -0.2) is 4.39 Å². The maximum absolute atomic E-state index is 15.0. The zero-order chi connectivity index (χ0) is 27.4. The third-order valence-electron chi connectivity index (χ3n) is 6.59. The van der Waals surface area contributed by atoms with Crippen LogP contribution in [0.4, 0.5) is 17.6 Å². The number of thioether (sulfide) groups is 1. The molecule has 1 aromatic heterocycles. The Bertz CT molecular complexity index is 1510. The number of hydrogen-bond acceptors (Lipinski definition) is 6. The van der Waals surface area contributed by atoms with Crippen LogP contribution >= 0.6 is 11.8 Å². The molecule has 198 valence electrons. The molecule has 0 saturated heterocycles. The number of amides is 1. The van der Waals surface area contributed by atoms with Crippen molar-refractivity contribution in [1.82, 2.24) is 9.58 Å². The molecular weight excluding hydrogens is 526 g/mol. The van der Waals surface area contributed by atoms with Crippen LogP contribution in [0, 0.1) is 5.82 Å². The van der Waals surface area contributed by atoms with E-state index in [1.807, 2.05) is 6.07 Å². The molecule has 38 heavy (non-hydrogen) atoms. The van der Waals surface area contributed by atoms with Gasteiger partial charge in [-0.15, -0.1) is 11.8 Å². The van der Waals surface area contributed by atoms with Crippen molar-refractivity contribution >= 4 is 23.6 Å². The number of carbonyl (C=O) groups excluding carboxylic acids is 2. The maximum Gasteiger partial charge on any atom is 0.408 e. The highest BCUT2D eigenvalue weighted by atomic mass is 32.2. The summed E-state index contributed by atoms with van der Waals surface area (Å²) in [5, 5.41) is 1.45. The summed E-state index contributed by atoms with van der Waals surface area (Å²) in [4.78, 5) is 39.3. The quantitative estimate of drug-likeness (QED) is 0.353. The van der Waals surface area contributed by atoms with Crippen molar-refractivity contribution in [3.63, 3.8) is 0 Å². The van der Waals surface area contributed by atoms with Crippen LogP contribution in [0.1, 0.15) is 47.1 Å². The number of ether oxygens (including phenoxy) is 1. The van der Waals surface area contributed by atoms with Crippen LogP contribution in [0.5, 0.6) is 5.75 Å². The SMILES string of the molecule is CC(=O)Oc1c2n(ccc1=O)N([C@H]1c3ccccc3SCc3c(F)cccc31)CN([C@@H](C)C(F)(F)F)C2=O. The summed E-state index contributed by atoms with van der Waals surface area (Å²) in [7, 11) is 0. The number of rotatable bonds is 3.